The Kier molecular flexibility index (Phi) is 3.61. The van der Waals surface area contributed by atoms with Gasteiger partial charge in [0.05, 0.1) is 22.2 Å². The van der Waals surface area contributed by atoms with Crippen LogP contribution in [0.15, 0.2) is 53.8 Å². The van der Waals surface area contributed by atoms with Crippen molar-refractivity contribution < 1.29 is 4.92 Å². The van der Waals surface area contributed by atoms with Gasteiger partial charge in [0, 0.05) is 31.1 Å². The first kappa shape index (κ1) is 13.9. The van der Waals surface area contributed by atoms with Crippen LogP contribution in [0.4, 0.5) is 5.69 Å². The van der Waals surface area contributed by atoms with Crippen molar-refractivity contribution in [3.05, 3.63) is 75.1 Å². The van der Waals surface area contributed by atoms with Crippen LogP contribution in [0.1, 0.15) is 5.56 Å². The van der Waals surface area contributed by atoms with Crippen LogP contribution in [0.3, 0.4) is 0 Å². The molecule has 0 bridgehead atoms. The molecule has 2 aromatic heterocycles. The summed E-state index contributed by atoms with van der Waals surface area (Å²) >= 11 is 0. The Labute approximate surface area is 125 Å². The molecule has 0 unspecified atom stereocenters. The summed E-state index contributed by atoms with van der Waals surface area (Å²) in [6, 6.07) is 7.86. The van der Waals surface area contributed by atoms with Crippen LogP contribution >= 0.6 is 0 Å². The van der Waals surface area contributed by atoms with Crippen LogP contribution < -0.4 is 5.56 Å². The predicted molar refractivity (Wildman–Crippen MR) is 80.6 cm³/mol. The summed E-state index contributed by atoms with van der Waals surface area (Å²) in [7, 11) is 0. The summed E-state index contributed by atoms with van der Waals surface area (Å²) in [6.45, 7) is 0.453. The number of fused-ring (bicyclic) bond motifs is 1. The third kappa shape index (κ3) is 2.69. The number of non-ortho nitro benzene ring substituents is 1. The largest absolute Gasteiger partial charge is 0.298 e. The highest BCUT2D eigenvalue weighted by Gasteiger charge is 2.10. The van der Waals surface area contributed by atoms with E-state index in [0.717, 1.165) is 5.56 Å². The van der Waals surface area contributed by atoms with Crippen molar-refractivity contribution in [3.8, 4) is 0 Å². The molecule has 7 heteroatoms. The summed E-state index contributed by atoms with van der Waals surface area (Å²) < 4.78 is 1.46. The topological polar surface area (TPSA) is 90.9 Å². The first-order valence-corrected chi connectivity index (χ1v) is 6.67. The molecule has 3 rings (SSSR count). The molecule has 0 spiro atoms. The van der Waals surface area contributed by atoms with Gasteiger partial charge in [0.1, 0.15) is 0 Å². The third-order valence-corrected chi connectivity index (χ3v) is 3.41. The van der Waals surface area contributed by atoms with Gasteiger partial charge in [0.25, 0.3) is 11.2 Å². The Morgan fingerprint density at radius 2 is 1.95 bits per heavy atom. The maximum Gasteiger partial charge on any atom is 0.270 e. The Hall–Kier alpha value is -3.09. The molecule has 0 fully saturated rings. The second-order valence-corrected chi connectivity index (χ2v) is 4.81. The maximum atomic E-state index is 12.4. The number of nitrogens with zero attached hydrogens (tertiary/aromatic N) is 4. The smallest absolute Gasteiger partial charge is 0.270 e. The molecule has 0 saturated heterocycles. The molecule has 0 aliphatic rings. The number of hydrogen-bond acceptors (Lipinski definition) is 5. The van der Waals surface area contributed by atoms with Gasteiger partial charge in [0.2, 0.25) is 0 Å². The molecule has 110 valence electrons. The maximum absolute atomic E-state index is 12.4. The molecule has 22 heavy (non-hydrogen) atoms. The highest BCUT2D eigenvalue weighted by molar-refractivity contribution is 5.79. The fourth-order valence-corrected chi connectivity index (χ4v) is 2.22. The summed E-state index contributed by atoms with van der Waals surface area (Å²) in [5.74, 6) is 0. The summed E-state index contributed by atoms with van der Waals surface area (Å²) in [5.41, 5.74) is 1.12. The number of aryl methyl sites for hydroxylation is 2. The molecule has 0 saturated carbocycles. The molecular formula is C15H12N4O3. The number of aromatic nitrogens is 3. The number of nitro groups is 1. The molecule has 3 aromatic rings. The Bertz CT molecular complexity index is 890. The van der Waals surface area contributed by atoms with E-state index in [1.54, 1.807) is 12.4 Å². The number of hydrogen-bond donors (Lipinski definition) is 0. The van der Waals surface area contributed by atoms with Crippen LogP contribution in [0, 0.1) is 10.1 Å². The van der Waals surface area contributed by atoms with E-state index in [9.17, 15) is 14.9 Å². The Balaban J connectivity index is 1.95. The normalized spacial score (nSPS) is 10.7. The summed E-state index contributed by atoms with van der Waals surface area (Å²) in [5, 5.41) is 11.1. The zero-order valence-corrected chi connectivity index (χ0v) is 11.5. The quantitative estimate of drug-likeness (QED) is 0.542. The summed E-state index contributed by atoms with van der Waals surface area (Å²) in [6.07, 6.45) is 5.52. The number of benzene rings is 1. The minimum atomic E-state index is -0.521. The number of pyridine rings is 1. The van der Waals surface area contributed by atoms with Crippen molar-refractivity contribution >= 4 is 16.6 Å². The lowest BCUT2D eigenvalue weighted by Crippen LogP contribution is -2.21. The lowest BCUT2D eigenvalue weighted by Gasteiger charge is -2.06. The van der Waals surface area contributed by atoms with Gasteiger partial charge >= 0.3 is 0 Å². The second-order valence-electron chi connectivity index (χ2n) is 4.81. The van der Waals surface area contributed by atoms with Crippen LogP contribution in [-0.2, 0) is 13.0 Å². The fraction of sp³-hybridized carbons (Fsp3) is 0.133. The van der Waals surface area contributed by atoms with E-state index in [1.165, 1.54) is 29.1 Å². The van der Waals surface area contributed by atoms with Gasteiger partial charge in [-0.2, -0.15) is 0 Å². The fourth-order valence-electron chi connectivity index (χ4n) is 2.22. The first-order chi connectivity index (χ1) is 10.6. The minimum absolute atomic E-state index is 0.113. The molecular weight excluding hydrogens is 284 g/mol. The van der Waals surface area contributed by atoms with Crippen LogP contribution in [0.2, 0.25) is 0 Å². The van der Waals surface area contributed by atoms with Crippen LogP contribution in [-0.4, -0.2) is 19.5 Å². The van der Waals surface area contributed by atoms with Crippen molar-refractivity contribution in [2.45, 2.75) is 13.0 Å². The standard InChI is InChI=1S/C15H12N4O3/c20-15-13-9-12(19(21)22)1-2-14(13)17-10-18(15)8-5-11-3-6-16-7-4-11/h1-4,6-7,9-10H,5,8H2. The zero-order valence-electron chi connectivity index (χ0n) is 11.5. The van der Waals surface area contributed by atoms with E-state index in [4.69, 9.17) is 0 Å². The van der Waals surface area contributed by atoms with Crippen LogP contribution in [0.5, 0.6) is 0 Å². The lowest BCUT2D eigenvalue weighted by atomic mass is 10.2. The molecule has 0 aliphatic carbocycles. The average Bonchev–Trinajstić information content (AvgIpc) is 2.55. The van der Waals surface area contributed by atoms with Crippen LogP contribution in [0.25, 0.3) is 10.9 Å². The Morgan fingerprint density at radius 1 is 1.18 bits per heavy atom. The van der Waals surface area contributed by atoms with Gasteiger partial charge in [-0.1, -0.05) is 0 Å². The molecule has 2 heterocycles. The van der Waals surface area contributed by atoms with Crippen molar-refractivity contribution in [3.63, 3.8) is 0 Å². The highest BCUT2D eigenvalue weighted by Crippen LogP contribution is 2.16. The van der Waals surface area contributed by atoms with Gasteiger partial charge in [-0.3, -0.25) is 24.5 Å². The van der Waals surface area contributed by atoms with Gasteiger partial charge in [-0.25, -0.2) is 4.98 Å². The zero-order chi connectivity index (χ0) is 15.5. The monoisotopic (exact) mass is 296 g/mol. The lowest BCUT2D eigenvalue weighted by molar-refractivity contribution is -0.384. The Morgan fingerprint density at radius 3 is 2.68 bits per heavy atom. The SMILES string of the molecule is O=c1c2cc([N+](=O)[O-])ccc2ncn1CCc1ccncc1. The molecule has 0 aliphatic heterocycles. The molecule has 0 N–H and O–H groups in total. The number of rotatable bonds is 4. The predicted octanol–water partition coefficient (Wildman–Crippen LogP) is 1.94. The molecule has 1 aromatic carbocycles. The average molecular weight is 296 g/mol. The van der Waals surface area contributed by atoms with E-state index in [2.05, 4.69) is 9.97 Å². The van der Waals surface area contributed by atoms with Crippen molar-refractivity contribution in [1.82, 2.24) is 14.5 Å². The minimum Gasteiger partial charge on any atom is -0.298 e. The summed E-state index contributed by atoms with van der Waals surface area (Å²) in [4.78, 5) is 30.8. The van der Waals surface area contributed by atoms with Crippen molar-refractivity contribution in [2.75, 3.05) is 0 Å². The van der Waals surface area contributed by atoms with E-state index in [0.29, 0.717) is 18.5 Å². The van der Waals surface area contributed by atoms with Gasteiger partial charge in [-0.05, 0) is 30.2 Å². The van der Waals surface area contributed by atoms with Crippen molar-refractivity contribution in [1.29, 1.82) is 0 Å². The van der Waals surface area contributed by atoms with Gasteiger partial charge in [-0.15, -0.1) is 0 Å². The van der Waals surface area contributed by atoms with Gasteiger partial charge in [0.15, 0.2) is 0 Å². The molecule has 7 nitrogen and oxygen atoms in total. The highest BCUT2D eigenvalue weighted by atomic mass is 16.6. The van der Waals surface area contributed by atoms with E-state index in [-0.39, 0.29) is 16.6 Å². The van der Waals surface area contributed by atoms with Crippen molar-refractivity contribution in [2.24, 2.45) is 0 Å². The first-order valence-electron chi connectivity index (χ1n) is 6.67. The van der Waals surface area contributed by atoms with E-state index in [1.807, 2.05) is 12.1 Å². The van der Waals surface area contributed by atoms with E-state index >= 15 is 0 Å². The third-order valence-electron chi connectivity index (χ3n) is 3.41. The number of nitro benzene ring substituents is 1. The van der Waals surface area contributed by atoms with Gasteiger partial charge < -0.3 is 0 Å². The molecule has 0 radical (unpaired) electrons. The van der Waals surface area contributed by atoms with E-state index < -0.39 is 4.92 Å². The molecule has 0 amide bonds. The molecule has 0 atom stereocenters. The second kappa shape index (κ2) is 5.72.